The summed E-state index contributed by atoms with van der Waals surface area (Å²) in [7, 11) is 0. The van der Waals surface area contributed by atoms with E-state index >= 15 is 0 Å². The molecule has 0 fully saturated rings. The lowest BCUT2D eigenvalue weighted by molar-refractivity contribution is 0.102. The lowest BCUT2D eigenvalue weighted by atomic mass is 10.1. The molecule has 0 aliphatic carbocycles. The number of amides is 1. The molecule has 0 bridgehead atoms. The molecule has 0 saturated carbocycles. The number of pyridine rings is 1. The number of benzene rings is 1. The smallest absolute Gasteiger partial charge is 0.269 e. The summed E-state index contributed by atoms with van der Waals surface area (Å²) in [5, 5.41) is 11.1. The maximum Gasteiger partial charge on any atom is 0.269 e. The fourth-order valence-electron chi connectivity index (χ4n) is 2.86. The van der Waals surface area contributed by atoms with E-state index in [0.29, 0.717) is 28.7 Å². The number of nitrogens with one attached hydrogen (secondary N) is 1. The van der Waals surface area contributed by atoms with Crippen molar-refractivity contribution < 1.29 is 9.32 Å². The maximum absolute atomic E-state index is 12.7. The highest BCUT2D eigenvalue weighted by Crippen LogP contribution is 2.22. The van der Waals surface area contributed by atoms with Gasteiger partial charge in [-0.2, -0.15) is 4.98 Å². The van der Waals surface area contributed by atoms with Gasteiger partial charge in [0.25, 0.3) is 5.91 Å². The minimum Gasteiger partial charge on any atom is -0.339 e. The Bertz CT molecular complexity index is 1110. The average Bonchev–Trinajstić information content (AvgIpc) is 3.40. The van der Waals surface area contributed by atoms with Crippen LogP contribution in [-0.4, -0.2) is 30.6 Å². The van der Waals surface area contributed by atoms with Crippen molar-refractivity contribution in [2.24, 2.45) is 0 Å². The zero-order valence-electron chi connectivity index (χ0n) is 15.7. The van der Waals surface area contributed by atoms with Crippen LogP contribution in [0.1, 0.15) is 40.2 Å². The second kappa shape index (κ2) is 8.70. The standard InChI is InChI=1S/C20H18N6O2S/c1-2-5-16-18(29-26-24-16)20(27)22-15-7-4-3-6-14(15)12-17-23-19(25-28-17)13-8-10-21-11-9-13/h3-4,6-11H,2,5,12H2,1H3,(H,22,27). The van der Waals surface area contributed by atoms with Crippen molar-refractivity contribution in [2.75, 3.05) is 5.32 Å². The summed E-state index contributed by atoms with van der Waals surface area (Å²) in [5.41, 5.74) is 3.13. The van der Waals surface area contributed by atoms with Gasteiger partial charge in [-0.1, -0.05) is 41.2 Å². The van der Waals surface area contributed by atoms with Crippen molar-refractivity contribution in [1.82, 2.24) is 24.7 Å². The van der Waals surface area contributed by atoms with Gasteiger partial charge >= 0.3 is 0 Å². The molecule has 4 aromatic rings. The molecule has 146 valence electrons. The predicted molar refractivity (Wildman–Crippen MR) is 109 cm³/mol. The molecule has 1 amide bonds. The monoisotopic (exact) mass is 406 g/mol. The Morgan fingerprint density at radius 2 is 2.00 bits per heavy atom. The fraction of sp³-hybridized carbons (Fsp3) is 0.200. The van der Waals surface area contributed by atoms with Crippen molar-refractivity contribution in [2.45, 2.75) is 26.2 Å². The SMILES string of the molecule is CCCc1nnsc1C(=O)Nc1ccccc1Cc1nc(-c2ccncc2)no1. The number of aromatic nitrogens is 5. The highest BCUT2D eigenvalue weighted by molar-refractivity contribution is 7.08. The van der Waals surface area contributed by atoms with E-state index in [1.54, 1.807) is 12.4 Å². The van der Waals surface area contributed by atoms with Crippen LogP contribution in [0.2, 0.25) is 0 Å². The first-order valence-electron chi connectivity index (χ1n) is 9.18. The topological polar surface area (TPSA) is 107 Å². The summed E-state index contributed by atoms with van der Waals surface area (Å²) in [6, 6.07) is 11.2. The molecule has 3 aromatic heterocycles. The zero-order chi connectivity index (χ0) is 20.1. The van der Waals surface area contributed by atoms with Crippen molar-refractivity contribution >= 4 is 23.1 Å². The van der Waals surface area contributed by atoms with E-state index in [1.807, 2.05) is 43.3 Å². The number of rotatable bonds is 7. The van der Waals surface area contributed by atoms with Crippen LogP contribution in [-0.2, 0) is 12.8 Å². The number of nitrogens with zero attached hydrogens (tertiary/aromatic N) is 5. The summed E-state index contributed by atoms with van der Waals surface area (Å²) in [5.74, 6) is 0.757. The molecule has 9 heteroatoms. The number of anilines is 1. The number of para-hydroxylation sites is 1. The Labute approximate surface area is 171 Å². The first-order valence-corrected chi connectivity index (χ1v) is 9.95. The van der Waals surface area contributed by atoms with E-state index in [4.69, 9.17) is 4.52 Å². The first kappa shape index (κ1) is 18.9. The van der Waals surface area contributed by atoms with Crippen molar-refractivity contribution in [3.63, 3.8) is 0 Å². The van der Waals surface area contributed by atoms with Gasteiger partial charge in [0.15, 0.2) is 0 Å². The van der Waals surface area contributed by atoms with Crippen LogP contribution in [0.3, 0.4) is 0 Å². The molecule has 1 N–H and O–H groups in total. The van der Waals surface area contributed by atoms with Gasteiger partial charge < -0.3 is 9.84 Å². The fourth-order valence-corrected chi connectivity index (χ4v) is 3.47. The van der Waals surface area contributed by atoms with Crippen LogP contribution >= 0.6 is 11.5 Å². The van der Waals surface area contributed by atoms with Crippen LogP contribution in [0.4, 0.5) is 5.69 Å². The molecular weight excluding hydrogens is 388 g/mol. The molecule has 0 unspecified atom stereocenters. The molecule has 29 heavy (non-hydrogen) atoms. The quantitative estimate of drug-likeness (QED) is 0.498. The Morgan fingerprint density at radius 1 is 1.17 bits per heavy atom. The minimum absolute atomic E-state index is 0.209. The summed E-state index contributed by atoms with van der Waals surface area (Å²) in [6.07, 6.45) is 5.38. The van der Waals surface area contributed by atoms with Gasteiger partial charge in [0.2, 0.25) is 11.7 Å². The number of hydrogen-bond donors (Lipinski definition) is 1. The number of aryl methyl sites for hydroxylation is 1. The third-order valence-corrected chi connectivity index (χ3v) is 5.03. The van der Waals surface area contributed by atoms with Gasteiger partial charge in [0.1, 0.15) is 4.88 Å². The van der Waals surface area contributed by atoms with Crippen LogP contribution in [0, 0.1) is 0 Å². The molecule has 0 aliphatic rings. The number of carbonyl (C=O) groups excluding carboxylic acids is 1. The highest BCUT2D eigenvalue weighted by Gasteiger charge is 2.18. The van der Waals surface area contributed by atoms with E-state index in [2.05, 4.69) is 30.0 Å². The lowest BCUT2D eigenvalue weighted by Crippen LogP contribution is -2.14. The van der Waals surface area contributed by atoms with Crippen LogP contribution in [0.15, 0.2) is 53.3 Å². The summed E-state index contributed by atoms with van der Waals surface area (Å²) < 4.78 is 9.31. The van der Waals surface area contributed by atoms with Gasteiger partial charge in [0.05, 0.1) is 12.1 Å². The predicted octanol–water partition coefficient (Wildman–Crippen LogP) is 3.78. The van der Waals surface area contributed by atoms with E-state index in [-0.39, 0.29) is 5.91 Å². The van der Waals surface area contributed by atoms with Gasteiger partial charge in [0, 0.05) is 23.6 Å². The Morgan fingerprint density at radius 3 is 2.83 bits per heavy atom. The van der Waals surface area contributed by atoms with Crippen LogP contribution < -0.4 is 5.32 Å². The molecule has 8 nitrogen and oxygen atoms in total. The van der Waals surface area contributed by atoms with Gasteiger partial charge in [-0.25, -0.2) is 0 Å². The second-order valence-corrected chi connectivity index (χ2v) is 7.09. The first-order chi connectivity index (χ1) is 14.2. The third kappa shape index (κ3) is 4.35. The summed E-state index contributed by atoms with van der Waals surface area (Å²) >= 11 is 1.11. The van der Waals surface area contributed by atoms with E-state index in [9.17, 15) is 4.79 Å². The molecule has 0 saturated heterocycles. The number of carbonyl (C=O) groups is 1. The third-order valence-electron chi connectivity index (χ3n) is 4.26. The van der Waals surface area contributed by atoms with Crippen molar-refractivity contribution in [3.05, 3.63) is 70.8 Å². The maximum atomic E-state index is 12.7. The molecule has 0 atom stereocenters. The molecule has 4 rings (SSSR count). The van der Waals surface area contributed by atoms with Gasteiger partial charge in [-0.15, -0.1) is 5.10 Å². The van der Waals surface area contributed by atoms with E-state index < -0.39 is 0 Å². The van der Waals surface area contributed by atoms with E-state index in [1.165, 1.54) is 0 Å². The molecule has 0 aliphatic heterocycles. The van der Waals surface area contributed by atoms with Crippen LogP contribution in [0.5, 0.6) is 0 Å². The Balaban J connectivity index is 1.52. The summed E-state index contributed by atoms with van der Waals surface area (Å²) in [6.45, 7) is 2.04. The zero-order valence-corrected chi connectivity index (χ0v) is 16.5. The minimum atomic E-state index is -0.209. The Hall–Kier alpha value is -3.46. The molecule has 0 radical (unpaired) electrons. The van der Waals surface area contributed by atoms with Crippen molar-refractivity contribution in [3.8, 4) is 11.4 Å². The van der Waals surface area contributed by atoms with Gasteiger partial charge in [-0.3, -0.25) is 9.78 Å². The normalized spacial score (nSPS) is 10.8. The largest absolute Gasteiger partial charge is 0.339 e. The number of hydrogen-bond acceptors (Lipinski definition) is 8. The van der Waals surface area contributed by atoms with Crippen LogP contribution in [0.25, 0.3) is 11.4 Å². The van der Waals surface area contributed by atoms with Gasteiger partial charge in [-0.05, 0) is 41.7 Å². The molecular formula is C20H18N6O2S. The Kier molecular flexibility index (Phi) is 5.66. The molecule has 0 spiro atoms. The lowest BCUT2D eigenvalue weighted by Gasteiger charge is -2.09. The molecule has 1 aromatic carbocycles. The highest BCUT2D eigenvalue weighted by atomic mass is 32.1. The van der Waals surface area contributed by atoms with Crippen molar-refractivity contribution in [1.29, 1.82) is 0 Å². The van der Waals surface area contributed by atoms with E-state index in [0.717, 1.165) is 41.2 Å². The summed E-state index contributed by atoms with van der Waals surface area (Å²) in [4.78, 5) is 21.7. The molecule has 3 heterocycles. The second-order valence-electron chi connectivity index (χ2n) is 6.33. The average molecular weight is 406 g/mol.